The van der Waals surface area contributed by atoms with Crippen molar-refractivity contribution in [1.29, 1.82) is 5.41 Å². The quantitative estimate of drug-likeness (QED) is 0.438. The maximum atomic E-state index is 13.7. The highest BCUT2D eigenvalue weighted by Crippen LogP contribution is 2.46. The van der Waals surface area contributed by atoms with Gasteiger partial charge in [-0.3, -0.25) is 15.5 Å². The Kier molecular flexibility index (Phi) is 6.53. The van der Waals surface area contributed by atoms with E-state index in [0.29, 0.717) is 6.07 Å². The second kappa shape index (κ2) is 7.12. The van der Waals surface area contributed by atoms with Gasteiger partial charge in [-0.25, -0.2) is 0 Å². The summed E-state index contributed by atoms with van der Waals surface area (Å²) in [6, 6.07) is 2.61. The first kappa shape index (κ1) is 21.1. The highest BCUT2D eigenvalue weighted by Gasteiger charge is 2.59. The van der Waals surface area contributed by atoms with Crippen LogP contribution >= 0.6 is 12.4 Å². The van der Waals surface area contributed by atoms with E-state index in [4.69, 9.17) is 11.1 Å². The average Bonchev–Trinajstić information content (AvgIpc) is 2.35. The Bertz CT molecular complexity index is 602. The molecule has 0 aliphatic carbocycles. The lowest BCUT2D eigenvalue weighted by atomic mass is 9.91. The molecule has 0 aliphatic rings. The molecule has 0 radical (unpaired) electrons. The van der Waals surface area contributed by atoms with Gasteiger partial charge < -0.3 is 5.73 Å². The van der Waals surface area contributed by atoms with Gasteiger partial charge in [0.25, 0.3) is 5.91 Å². The molecule has 0 bridgehead atoms. The minimum atomic E-state index is -5.79. The number of nitrogens with two attached hydrogens (primary N) is 1. The van der Waals surface area contributed by atoms with Crippen LogP contribution in [0.5, 0.6) is 0 Å². The zero-order valence-corrected chi connectivity index (χ0v) is 12.9. The standard InChI is InChI=1S/C13H14F5N3O.ClH/c1-6(2)8-4-3-7(10(22)21-11(19)20)5-9(8)12(14,15)13(16,17)18;/h3-6H,1-2H3,(H4,19,20,21,22);1H. The average molecular weight is 360 g/mol. The number of alkyl halides is 5. The molecule has 4 nitrogen and oxygen atoms in total. The van der Waals surface area contributed by atoms with Crippen LogP contribution in [0.15, 0.2) is 18.2 Å². The molecule has 0 saturated carbocycles. The third kappa shape index (κ3) is 4.54. The van der Waals surface area contributed by atoms with Gasteiger partial charge >= 0.3 is 12.1 Å². The minimum absolute atomic E-state index is 0. The molecule has 1 aromatic carbocycles. The van der Waals surface area contributed by atoms with Crippen LogP contribution in [0.2, 0.25) is 0 Å². The Balaban J connectivity index is 0.00000484. The van der Waals surface area contributed by atoms with E-state index in [2.05, 4.69) is 0 Å². The number of amides is 1. The predicted octanol–water partition coefficient (Wildman–Crippen LogP) is 3.51. The summed E-state index contributed by atoms with van der Waals surface area (Å²) in [7, 11) is 0. The number of carbonyl (C=O) groups is 1. The predicted molar refractivity (Wildman–Crippen MR) is 77.1 cm³/mol. The van der Waals surface area contributed by atoms with Crippen LogP contribution in [0.25, 0.3) is 0 Å². The molecular formula is C13H15ClF5N3O. The molecule has 1 aromatic rings. The van der Waals surface area contributed by atoms with E-state index in [0.717, 1.165) is 12.1 Å². The third-order valence-corrected chi connectivity index (χ3v) is 2.88. The van der Waals surface area contributed by atoms with Crippen molar-refractivity contribution in [2.75, 3.05) is 0 Å². The van der Waals surface area contributed by atoms with E-state index in [-0.39, 0.29) is 18.0 Å². The monoisotopic (exact) mass is 359 g/mol. The van der Waals surface area contributed by atoms with Crippen molar-refractivity contribution >= 4 is 24.3 Å². The van der Waals surface area contributed by atoms with E-state index < -0.39 is 41.0 Å². The number of guanidine groups is 1. The first-order valence-corrected chi connectivity index (χ1v) is 6.12. The van der Waals surface area contributed by atoms with Gasteiger partial charge in [0.15, 0.2) is 5.96 Å². The summed E-state index contributed by atoms with van der Waals surface area (Å²) < 4.78 is 65.1. The van der Waals surface area contributed by atoms with Crippen molar-refractivity contribution in [2.45, 2.75) is 31.9 Å². The summed E-state index contributed by atoms with van der Waals surface area (Å²) >= 11 is 0. The lowest BCUT2D eigenvalue weighted by Gasteiger charge is -2.24. The Morgan fingerprint density at radius 1 is 1.22 bits per heavy atom. The summed E-state index contributed by atoms with van der Waals surface area (Å²) in [6.07, 6.45) is -5.79. The van der Waals surface area contributed by atoms with Gasteiger partial charge in [-0.15, -0.1) is 12.4 Å². The number of hydrogen-bond donors (Lipinski definition) is 3. The summed E-state index contributed by atoms with van der Waals surface area (Å²) in [4.78, 5) is 11.6. The van der Waals surface area contributed by atoms with Crippen molar-refractivity contribution < 1.29 is 26.7 Å². The number of rotatable bonds is 3. The summed E-state index contributed by atoms with van der Waals surface area (Å²) in [6.45, 7) is 2.92. The number of nitrogens with one attached hydrogen (secondary N) is 2. The molecule has 23 heavy (non-hydrogen) atoms. The molecule has 0 spiro atoms. The Morgan fingerprint density at radius 2 is 1.74 bits per heavy atom. The number of carbonyl (C=O) groups excluding carboxylic acids is 1. The summed E-state index contributed by atoms with van der Waals surface area (Å²) in [5.41, 5.74) is 2.97. The van der Waals surface area contributed by atoms with Crippen molar-refractivity contribution in [3.8, 4) is 0 Å². The van der Waals surface area contributed by atoms with E-state index in [1.54, 1.807) is 0 Å². The zero-order chi connectivity index (χ0) is 17.3. The van der Waals surface area contributed by atoms with Gasteiger partial charge in [-0.05, 0) is 23.6 Å². The molecule has 0 saturated heterocycles. The molecule has 0 aromatic heterocycles. The van der Waals surface area contributed by atoms with Crippen LogP contribution in [-0.2, 0) is 5.92 Å². The zero-order valence-electron chi connectivity index (χ0n) is 12.1. The lowest BCUT2D eigenvalue weighted by Crippen LogP contribution is -2.37. The van der Waals surface area contributed by atoms with Gasteiger partial charge in [0, 0.05) is 11.1 Å². The van der Waals surface area contributed by atoms with Crippen LogP contribution in [0.1, 0.15) is 41.3 Å². The van der Waals surface area contributed by atoms with Gasteiger partial charge in [0.05, 0.1) is 0 Å². The fourth-order valence-electron chi connectivity index (χ4n) is 1.82. The molecule has 0 heterocycles. The molecule has 1 rings (SSSR count). The van der Waals surface area contributed by atoms with Gasteiger partial charge in [0.1, 0.15) is 0 Å². The maximum absolute atomic E-state index is 13.7. The van der Waals surface area contributed by atoms with Gasteiger partial charge in [0.2, 0.25) is 0 Å². The molecular weight excluding hydrogens is 345 g/mol. The fraction of sp³-hybridized carbons (Fsp3) is 0.385. The molecule has 0 atom stereocenters. The topological polar surface area (TPSA) is 79.0 Å². The van der Waals surface area contributed by atoms with E-state index >= 15 is 0 Å². The number of hydrogen-bond acceptors (Lipinski definition) is 2. The van der Waals surface area contributed by atoms with E-state index in [9.17, 15) is 26.7 Å². The largest absolute Gasteiger partial charge is 0.458 e. The van der Waals surface area contributed by atoms with Crippen LogP contribution in [0, 0.1) is 5.41 Å². The maximum Gasteiger partial charge on any atom is 0.458 e. The Morgan fingerprint density at radius 3 is 2.13 bits per heavy atom. The Labute approximate surface area is 135 Å². The fourth-order valence-corrected chi connectivity index (χ4v) is 1.82. The van der Waals surface area contributed by atoms with Crippen LogP contribution in [0.4, 0.5) is 22.0 Å². The minimum Gasteiger partial charge on any atom is -0.370 e. The van der Waals surface area contributed by atoms with E-state index in [1.165, 1.54) is 13.8 Å². The second-order valence-corrected chi connectivity index (χ2v) is 4.90. The van der Waals surface area contributed by atoms with Crippen LogP contribution in [-0.4, -0.2) is 18.0 Å². The normalized spacial score (nSPS) is 11.8. The lowest BCUT2D eigenvalue weighted by molar-refractivity contribution is -0.289. The summed E-state index contributed by atoms with van der Waals surface area (Å²) in [5, 5.41) is 8.70. The number of halogens is 6. The van der Waals surface area contributed by atoms with Crippen molar-refractivity contribution in [3.05, 3.63) is 34.9 Å². The summed E-state index contributed by atoms with van der Waals surface area (Å²) in [5.74, 6) is -7.49. The molecule has 0 unspecified atom stereocenters. The van der Waals surface area contributed by atoms with E-state index in [1.807, 2.05) is 5.32 Å². The highest BCUT2D eigenvalue weighted by atomic mass is 35.5. The molecule has 0 fully saturated rings. The first-order valence-electron chi connectivity index (χ1n) is 6.12. The second-order valence-electron chi connectivity index (χ2n) is 4.90. The van der Waals surface area contributed by atoms with Crippen molar-refractivity contribution in [2.24, 2.45) is 5.73 Å². The van der Waals surface area contributed by atoms with Gasteiger partial charge in [-0.2, -0.15) is 22.0 Å². The SMILES string of the molecule is CC(C)c1ccc(C(=O)NC(=N)N)cc1C(F)(F)C(F)(F)F.Cl. The molecule has 130 valence electrons. The Hall–Kier alpha value is -1.90. The molecule has 1 amide bonds. The first-order chi connectivity index (χ1) is 9.87. The van der Waals surface area contributed by atoms with Crippen molar-refractivity contribution in [3.63, 3.8) is 0 Å². The molecule has 0 aliphatic heterocycles. The smallest absolute Gasteiger partial charge is 0.370 e. The van der Waals surface area contributed by atoms with Crippen LogP contribution in [0.3, 0.4) is 0 Å². The molecule has 4 N–H and O–H groups in total. The third-order valence-electron chi connectivity index (χ3n) is 2.88. The highest BCUT2D eigenvalue weighted by molar-refractivity contribution is 6.04. The van der Waals surface area contributed by atoms with Gasteiger partial charge in [-0.1, -0.05) is 19.9 Å². The number of benzene rings is 1. The molecule has 10 heteroatoms. The van der Waals surface area contributed by atoms with Crippen LogP contribution < -0.4 is 11.1 Å². The van der Waals surface area contributed by atoms with Crippen molar-refractivity contribution in [1.82, 2.24) is 5.32 Å².